The zero-order valence-electron chi connectivity index (χ0n) is 17.6. The van der Waals surface area contributed by atoms with Crippen molar-refractivity contribution in [1.29, 1.82) is 0 Å². The zero-order valence-corrected chi connectivity index (χ0v) is 18.8. The number of aromatic nitrogens is 1. The fourth-order valence-electron chi connectivity index (χ4n) is 4.58. The lowest BCUT2D eigenvalue weighted by molar-refractivity contribution is 0.100. The summed E-state index contributed by atoms with van der Waals surface area (Å²) in [6.07, 6.45) is 3.88. The predicted octanol–water partition coefficient (Wildman–Crippen LogP) is 4.50. The average molecular weight is 417 g/mol. The summed E-state index contributed by atoms with van der Waals surface area (Å²) in [4.78, 5) is 17.8. The Hall–Kier alpha value is -2.84. The number of primary amides is 1. The molecule has 5 heteroatoms. The van der Waals surface area contributed by atoms with Crippen molar-refractivity contribution in [3.8, 4) is 11.1 Å². The first-order valence-electron chi connectivity index (χ1n) is 10.2. The van der Waals surface area contributed by atoms with E-state index in [0.29, 0.717) is 5.56 Å². The van der Waals surface area contributed by atoms with Crippen molar-refractivity contribution in [2.24, 2.45) is 5.73 Å². The third-order valence-corrected chi connectivity index (χ3v) is 6.73. The molecule has 3 aromatic rings. The third-order valence-electron chi connectivity index (χ3n) is 6.27. The number of hydrogen-bond acceptors (Lipinski definition) is 2. The number of nitrogens with one attached hydrogen (secondary N) is 1. The van der Waals surface area contributed by atoms with Crippen molar-refractivity contribution < 1.29 is 4.79 Å². The molecule has 4 rings (SSSR count). The number of H-pyrrole nitrogens is 1. The maximum Gasteiger partial charge on any atom is 0.250 e. The molecule has 1 aromatic heterocycles. The molecule has 1 aliphatic rings. The van der Waals surface area contributed by atoms with E-state index in [1.54, 1.807) is 0 Å². The van der Waals surface area contributed by atoms with E-state index in [-0.39, 0.29) is 0 Å². The van der Waals surface area contributed by atoms with Crippen molar-refractivity contribution >= 4 is 31.4 Å². The van der Waals surface area contributed by atoms with E-state index < -0.39 is 5.91 Å². The van der Waals surface area contributed by atoms with Gasteiger partial charge < -0.3 is 15.6 Å². The molecule has 0 bridgehead atoms. The van der Waals surface area contributed by atoms with E-state index in [1.165, 1.54) is 16.7 Å². The molecule has 1 amide bonds. The molecule has 1 atom stereocenters. The molecule has 2 aromatic carbocycles. The maximum atomic E-state index is 12.1. The number of benzene rings is 2. The Morgan fingerprint density at radius 3 is 2.80 bits per heavy atom. The third kappa shape index (κ3) is 3.26. The molecular formula is C25H28N3OP. The highest BCUT2D eigenvalue weighted by Gasteiger charge is 2.23. The van der Waals surface area contributed by atoms with Gasteiger partial charge in [-0.05, 0) is 72.0 Å². The van der Waals surface area contributed by atoms with Crippen LogP contribution in [0.4, 0.5) is 0 Å². The zero-order chi connectivity index (χ0) is 21.6. The van der Waals surface area contributed by atoms with Crippen LogP contribution in [-0.2, 0) is 13.0 Å². The molecular weight excluding hydrogens is 389 g/mol. The van der Waals surface area contributed by atoms with Gasteiger partial charge in [-0.25, -0.2) is 0 Å². The molecule has 1 aliphatic heterocycles. The molecule has 0 fully saturated rings. The van der Waals surface area contributed by atoms with Crippen LogP contribution in [0.15, 0.2) is 49.2 Å². The van der Waals surface area contributed by atoms with E-state index in [0.717, 1.165) is 64.7 Å². The number of fused-ring (bicyclic) bond motifs is 2. The van der Waals surface area contributed by atoms with Gasteiger partial charge in [0.05, 0.1) is 11.1 Å². The molecule has 1 unspecified atom stereocenters. The number of hydrogen-bond donors (Lipinski definition) is 2. The molecule has 0 spiro atoms. The average Bonchev–Trinajstić information content (AvgIpc) is 2.90. The van der Waals surface area contributed by atoms with Gasteiger partial charge in [-0.2, -0.15) is 0 Å². The lowest BCUT2D eigenvalue weighted by atomic mass is 9.89. The van der Waals surface area contributed by atoms with Gasteiger partial charge in [0.25, 0.3) is 5.91 Å². The Morgan fingerprint density at radius 2 is 2.10 bits per heavy atom. The van der Waals surface area contributed by atoms with Crippen LogP contribution < -0.4 is 11.0 Å². The fraction of sp³-hybridized carbons (Fsp3) is 0.240. The van der Waals surface area contributed by atoms with Crippen molar-refractivity contribution in [1.82, 2.24) is 9.88 Å². The summed E-state index contributed by atoms with van der Waals surface area (Å²) in [5, 5.41) is 2.07. The number of aryl methyl sites for hydroxylation is 2. The number of amides is 1. The lowest BCUT2D eigenvalue weighted by Gasteiger charge is -2.23. The Kier molecular flexibility index (Phi) is 5.29. The Labute approximate surface area is 180 Å². The second-order valence-electron chi connectivity index (χ2n) is 8.04. The predicted molar refractivity (Wildman–Crippen MR) is 129 cm³/mol. The minimum Gasteiger partial charge on any atom is -0.368 e. The first kappa shape index (κ1) is 20.4. The molecule has 154 valence electrons. The highest BCUT2D eigenvalue weighted by atomic mass is 31.0. The highest BCUT2D eigenvalue weighted by Crippen LogP contribution is 2.38. The first-order valence-corrected chi connectivity index (χ1v) is 10.8. The number of carbonyl (C=O) groups is 1. The minimum absolute atomic E-state index is 0.415. The van der Waals surface area contributed by atoms with Crippen LogP contribution >= 0.6 is 9.24 Å². The summed E-state index contributed by atoms with van der Waals surface area (Å²) in [6, 6.07) is 8.42. The van der Waals surface area contributed by atoms with Gasteiger partial charge in [0.15, 0.2) is 0 Å². The van der Waals surface area contributed by atoms with Crippen LogP contribution in [-0.4, -0.2) is 22.3 Å². The van der Waals surface area contributed by atoms with Crippen LogP contribution in [0, 0.1) is 13.8 Å². The van der Waals surface area contributed by atoms with E-state index in [9.17, 15) is 4.79 Å². The van der Waals surface area contributed by atoms with Crippen LogP contribution in [0.5, 0.6) is 0 Å². The molecule has 0 saturated carbocycles. The summed E-state index contributed by atoms with van der Waals surface area (Å²) in [6.45, 7) is 14.0. The fourth-order valence-corrected chi connectivity index (χ4v) is 5.05. The molecule has 30 heavy (non-hydrogen) atoms. The van der Waals surface area contributed by atoms with Crippen LogP contribution in [0.2, 0.25) is 0 Å². The van der Waals surface area contributed by atoms with Gasteiger partial charge >= 0.3 is 0 Å². The monoisotopic (exact) mass is 417 g/mol. The van der Waals surface area contributed by atoms with Crippen molar-refractivity contribution in [3.05, 3.63) is 77.1 Å². The van der Waals surface area contributed by atoms with E-state index >= 15 is 0 Å². The Morgan fingerprint density at radius 1 is 1.33 bits per heavy atom. The van der Waals surface area contributed by atoms with Gasteiger partial charge in [0.1, 0.15) is 0 Å². The van der Waals surface area contributed by atoms with E-state index in [2.05, 4.69) is 57.4 Å². The van der Waals surface area contributed by atoms with Crippen LogP contribution in [0.1, 0.15) is 39.2 Å². The van der Waals surface area contributed by atoms with Gasteiger partial charge in [-0.15, -0.1) is 9.24 Å². The maximum absolute atomic E-state index is 12.1. The van der Waals surface area contributed by atoms with Crippen molar-refractivity contribution in [3.63, 3.8) is 0 Å². The van der Waals surface area contributed by atoms with Crippen molar-refractivity contribution in [2.75, 3.05) is 6.54 Å². The summed E-state index contributed by atoms with van der Waals surface area (Å²) in [5.41, 5.74) is 15.3. The number of nitrogens with two attached hydrogens (primary N) is 1. The lowest BCUT2D eigenvalue weighted by Crippen LogP contribution is -2.20. The van der Waals surface area contributed by atoms with Gasteiger partial charge in [-0.3, -0.25) is 4.79 Å². The molecule has 2 heterocycles. The number of aromatic amines is 1. The standard InChI is InChI=1S/C25H28N3OP/c1-5-14(2)28-11-7-10-18-17(13-28)8-6-9-19(18)23-21(30)12-20(25(26)29)24-22(23)15(3)16(4)27-24/h5-6,8-9,12,27H,1-2,7,10-11,13,30H2,3-4H3,(H2,26,29). The normalized spacial score (nSPS) is 13.8. The van der Waals surface area contributed by atoms with E-state index in [1.807, 2.05) is 19.1 Å². The summed E-state index contributed by atoms with van der Waals surface area (Å²) in [7, 11) is 2.82. The SMILES string of the molecule is C=CC(=C)N1CCCc2c(cccc2-c2c(P)cc(C(N)=O)c3[nH]c(C)c(C)c23)C1. The van der Waals surface area contributed by atoms with Gasteiger partial charge in [-0.1, -0.05) is 31.4 Å². The van der Waals surface area contributed by atoms with Crippen LogP contribution in [0.3, 0.4) is 0 Å². The summed E-state index contributed by atoms with van der Waals surface area (Å²) >= 11 is 0. The first-order chi connectivity index (χ1) is 14.3. The number of carbonyl (C=O) groups excluding carboxylic acids is 1. The molecule has 0 aliphatic carbocycles. The Balaban J connectivity index is 1.98. The molecule has 0 radical (unpaired) electrons. The summed E-state index contributed by atoms with van der Waals surface area (Å²) in [5.74, 6) is -0.415. The topological polar surface area (TPSA) is 62.1 Å². The number of rotatable bonds is 4. The minimum atomic E-state index is -0.415. The van der Waals surface area contributed by atoms with Crippen LogP contribution in [0.25, 0.3) is 22.0 Å². The van der Waals surface area contributed by atoms with E-state index in [4.69, 9.17) is 5.73 Å². The smallest absolute Gasteiger partial charge is 0.250 e. The Bertz CT molecular complexity index is 1210. The highest BCUT2D eigenvalue weighted by molar-refractivity contribution is 7.28. The number of nitrogens with zero attached hydrogens (tertiary/aromatic N) is 1. The largest absolute Gasteiger partial charge is 0.368 e. The molecule has 0 saturated heterocycles. The molecule has 4 nitrogen and oxygen atoms in total. The number of allylic oxidation sites excluding steroid dienone is 1. The van der Waals surface area contributed by atoms with Gasteiger partial charge in [0, 0.05) is 29.9 Å². The second-order valence-corrected chi connectivity index (χ2v) is 8.66. The quantitative estimate of drug-likeness (QED) is 0.485. The van der Waals surface area contributed by atoms with Gasteiger partial charge in [0.2, 0.25) is 0 Å². The molecule has 3 N–H and O–H groups in total. The van der Waals surface area contributed by atoms with Crippen molar-refractivity contribution in [2.45, 2.75) is 33.2 Å². The second kappa shape index (κ2) is 7.77. The summed E-state index contributed by atoms with van der Waals surface area (Å²) < 4.78 is 0.